The topological polar surface area (TPSA) is 155 Å². The molecule has 1 aromatic carbocycles. The first-order valence-electron chi connectivity index (χ1n) is 22.4. The van der Waals surface area contributed by atoms with Gasteiger partial charge in [-0.25, -0.2) is 14.8 Å². The first kappa shape index (κ1) is 41.0. The van der Waals surface area contributed by atoms with E-state index in [1.54, 1.807) is 11.3 Å². The van der Waals surface area contributed by atoms with Crippen LogP contribution < -0.4 is 10.2 Å². The van der Waals surface area contributed by atoms with Crippen LogP contribution in [0.5, 0.6) is 0 Å². The van der Waals surface area contributed by atoms with Gasteiger partial charge in [-0.05, 0) is 106 Å². The number of fused-ring (bicyclic) bond motifs is 2. The Hall–Kier alpha value is -4.99. The number of hydrogen-bond acceptors (Lipinski definition) is 12. The number of aromatic carboxylic acids is 1. The van der Waals surface area contributed by atoms with Gasteiger partial charge in [0, 0.05) is 80.2 Å². The lowest BCUT2D eigenvalue weighted by Crippen LogP contribution is -2.64. The van der Waals surface area contributed by atoms with Crippen LogP contribution in [0.2, 0.25) is 0 Å². The molecular formula is C47H58N10O4S. The summed E-state index contributed by atoms with van der Waals surface area (Å²) in [6.07, 6.45) is 10.8. The number of benzene rings is 1. The van der Waals surface area contributed by atoms with Crippen molar-refractivity contribution in [2.45, 2.75) is 105 Å². The van der Waals surface area contributed by atoms with Gasteiger partial charge in [0.15, 0.2) is 22.5 Å². The third-order valence-corrected chi connectivity index (χ3v) is 15.6. The quantitative estimate of drug-likeness (QED) is 0.124. The highest BCUT2D eigenvalue weighted by Gasteiger charge is 2.66. The van der Waals surface area contributed by atoms with Gasteiger partial charge in [0.05, 0.1) is 28.6 Å². The molecule has 4 bridgehead atoms. The summed E-state index contributed by atoms with van der Waals surface area (Å²) >= 11 is 1.58. The fraction of sp³-hybridized carbons (Fsp3) is 0.553. The Kier molecular flexibility index (Phi) is 10.2. The second kappa shape index (κ2) is 15.4. The van der Waals surface area contributed by atoms with Crippen molar-refractivity contribution >= 4 is 56.0 Å². The van der Waals surface area contributed by atoms with Crippen molar-refractivity contribution in [1.29, 1.82) is 0 Å². The van der Waals surface area contributed by atoms with Crippen molar-refractivity contribution in [3.05, 3.63) is 65.1 Å². The van der Waals surface area contributed by atoms with Gasteiger partial charge >= 0.3 is 5.97 Å². The van der Waals surface area contributed by atoms with E-state index >= 15 is 0 Å². The zero-order chi connectivity index (χ0) is 43.0. The molecule has 2 unspecified atom stereocenters. The molecule has 4 saturated carbocycles. The molecule has 2 aliphatic heterocycles. The number of para-hydroxylation sites is 1. The Bertz CT molecular complexity index is 2510. The van der Waals surface area contributed by atoms with E-state index in [0.717, 1.165) is 122 Å². The zero-order valence-corrected chi connectivity index (χ0v) is 37.5. The van der Waals surface area contributed by atoms with E-state index in [1.807, 2.05) is 60.2 Å². The van der Waals surface area contributed by atoms with Gasteiger partial charge in [-0.1, -0.05) is 44.2 Å². The molecule has 0 radical (unpaired) electrons. The van der Waals surface area contributed by atoms with Crippen LogP contribution in [0.25, 0.3) is 21.3 Å². The number of nitrogens with zero attached hydrogens (tertiary/aromatic N) is 9. The van der Waals surface area contributed by atoms with E-state index < -0.39 is 5.97 Å². The number of anilines is 4. The van der Waals surface area contributed by atoms with E-state index in [1.165, 1.54) is 6.42 Å². The molecule has 6 heterocycles. The maximum atomic E-state index is 13.0. The lowest BCUT2D eigenvalue weighted by atomic mass is 9.39. The van der Waals surface area contributed by atoms with Crippen LogP contribution in [-0.2, 0) is 22.5 Å². The minimum atomic E-state index is -1.08. The molecule has 6 aliphatic rings. The number of thiazole rings is 1. The second-order valence-electron chi connectivity index (χ2n) is 19.8. The highest BCUT2D eigenvalue weighted by molar-refractivity contribution is 7.22. The standard InChI is InChI=1S/C47H58N10O4S/c1-6-38(58)55-18-16-54(17-19-55)20-21-61-47-26-44(4)23-45(5,27-47)25-46(24-44,28-47)29-57-31(3)34(22-48-57)33-13-14-37(50-39(33)42(59)60)56-15-9-10-32-30(2)40(52-53-41(32)56)51-43-49-35-11-7-8-12-36(35)62-43/h7-8,11-14,22H,6,9-10,15-21,23-29H2,1-5H3,(H,59,60)(H,49,51,52)/t44-,45+,46?,47?. The number of nitrogens with one attached hydrogen (secondary N) is 1. The number of carboxylic acids is 1. The average Bonchev–Trinajstić information content (AvgIpc) is 3.81. The number of rotatable bonds is 12. The van der Waals surface area contributed by atoms with Crippen LogP contribution in [0.15, 0.2) is 42.6 Å². The number of carbonyl (C=O) groups is 2. The van der Waals surface area contributed by atoms with E-state index in [2.05, 4.69) is 51.9 Å². The third kappa shape index (κ3) is 7.42. The van der Waals surface area contributed by atoms with Crippen molar-refractivity contribution in [2.24, 2.45) is 16.2 Å². The summed E-state index contributed by atoms with van der Waals surface area (Å²) in [6, 6.07) is 11.8. The Morgan fingerprint density at radius 1 is 0.903 bits per heavy atom. The summed E-state index contributed by atoms with van der Waals surface area (Å²) in [5, 5.41) is 29.0. The number of piperazine rings is 1. The molecule has 1 amide bonds. The molecule has 15 heteroatoms. The molecule has 5 fully saturated rings. The number of carboxylic acid groups (broad SMARTS) is 1. The second-order valence-corrected chi connectivity index (χ2v) is 20.8. The Morgan fingerprint density at radius 2 is 1.68 bits per heavy atom. The normalized spacial score (nSPS) is 26.9. The molecule has 1 saturated heterocycles. The molecule has 14 nitrogen and oxygen atoms in total. The summed E-state index contributed by atoms with van der Waals surface area (Å²) < 4.78 is 10.3. The van der Waals surface area contributed by atoms with Crippen LogP contribution in [0.3, 0.4) is 0 Å². The molecule has 4 aromatic heterocycles. The summed E-state index contributed by atoms with van der Waals surface area (Å²) in [5.74, 6) is 1.06. The average molecular weight is 859 g/mol. The number of carbonyl (C=O) groups excluding carboxylic acids is 1. The predicted molar refractivity (Wildman–Crippen MR) is 240 cm³/mol. The first-order valence-corrected chi connectivity index (χ1v) is 23.2. The monoisotopic (exact) mass is 858 g/mol. The van der Waals surface area contributed by atoms with Gasteiger partial charge in [-0.3, -0.25) is 14.4 Å². The first-order chi connectivity index (χ1) is 29.7. The smallest absolute Gasteiger partial charge is 0.355 e. The molecule has 5 aromatic rings. The maximum Gasteiger partial charge on any atom is 0.355 e. The van der Waals surface area contributed by atoms with Crippen LogP contribution in [0, 0.1) is 30.1 Å². The third-order valence-electron chi connectivity index (χ3n) is 14.6. The van der Waals surface area contributed by atoms with Crippen LogP contribution in [-0.4, -0.2) is 108 Å². The van der Waals surface area contributed by atoms with Gasteiger partial charge in [0.2, 0.25) is 5.91 Å². The van der Waals surface area contributed by atoms with Gasteiger partial charge in [0.1, 0.15) is 5.82 Å². The van der Waals surface area contributed by atoms with Crippen molar-refractivity contribution in [3.63, 3.8) is 0 Å². The molecule has 4 atom stereocenters. The number of amides is 1. The summed E-state index contributed by atoms with van der Waals surface area (Å²) in [7, 11) is 0. The number of pyridine rings is 1. The lowest BCUT2D eigenvalue weighted by Gasteiger charge is -2.69. The number of ether oxygens (including phenoxy) is 1. The van der Waals surface area contributed by atoms with Gasteiger partial charge < -0.3 is 25.0 Å². The maximum absolute atomic E-state index is 13.0. The van der Waals surface area contributed by atoms with Crippen molar-refractivity contribution in [2.75, 3.05) is 56.1 Å². The molecule has 326 valence electrons. The fourth-order valence-corrected chi connectivity index (χ4v) is 14.0. The molecule has 2 N–H and O–H groups in total. The van der Waals surface area contributed by atoms with Crippen LogP contribution >= 0.6 is 11.3 Å². The van der Waals surface area contributed by atoms with E-state index in [4.69, 9.17) is 19.8 Å². The largest absolute Gasteiger partial charge is 0.476 e. The number of hydrogen-bond donors (Lipinski definition) is 2. The Balaban J connectivity index is 0.867. The van der Waals surface area contributed by atoms with E-state index in [9.17, 15) is 14.7 Å². The van der Waals surface area contributed by atoms with E-state index in [0.29, 0.717) is 42.6 Å². The molecule has 0 spiro atoms. The molecule has 62 heavy (non-hydrogen) atoms. The summed E-state index contributed by atoms with van der Waals surface area (Å²) in [4.78, 5) is 41.2. The van der Waals surface area contributed by atoms with Gasteiger partial charge in [-0.15, -0.1) is 10.2 Å². The van der Waals surface area contributed by atoms with Crippen molar-refractivity contribution in [3.8, 4) is 11.1 Å². The fourth-order valence-electron chi connectivity index (χ4n) is 13.1. The zero-order valence-electron chi connectivity index (χ0n) is 36.7. The minimum absolute atomic E-state index is 0.00312. The van der Waals surface area contributed by atoms with Gasteiger partial charge in [0.25, 0.3) is 0 Å². The number of aromatic nitrogens is 6. The highest BCUT2D eigenvalue weighted by Crippen LogP contribution is 2.72. The summed E-state index contributed by atoms with van der Waals surface area (Å²) in [6.45, 7) is 17.4. The Labute approximate surface area is 367 Å². The SMILES string of the molecule is CCC(=O)N1CCN(CCOC23CC4(Cn5ncc(-c6ccc(N7CCCc8c7nnc(Nc7nc9ccccc9s7)c8C)nc6C(=O)O)c5C)C[C@@](C)(C2)C[C@](C)(C4)C3)CC1. The lowest BCUT2D eigenvalue weighted by molar-refractivity contribution is -0.249. The van der Waals surface area contributed by atoms with Crippen LogP contribution in [0.1, 0.15) is 99.4 Å². The van der Waals surface area contributed by atoms with E-state index in [-0.39, 0.29) is 33.4 Å². The predicted octanol–water partition coefficient (Wildman–Crippen LogP) is 8.18. The van der Waals surface area contributed by atoms with Crippen molar-refractivity contribution < 1.29 is 19.4 Å². The highest BCUT2D eigenvalue weighted by atomic mass is 32.1. The molecular weight excluding hydrogens is 801 g/mol. The van der Waals surface area contributed by atoms with Crippen LogP contribution in [0.4, 0.5) is 22.6 Å². The van der Waals surface area contributed by atoms with Gasteiger partial charge in [-0.2, -0.15) is 5.10 Å². The van der Waals surface area contributed by atoms with Crippen molar-refractivity contribution in [1.82, 2.24) is 39.7 Å². The summed E-state index contributed by atoms with van der Waals surface area (Å²) in [5.41, 5.74) is 5.54. The Morgan fingerprint density at radius 3 is 2.42 bits per heavy atom. The molecule has 4 aliphatic carbocycles. The molecule has 11 rings (SSSR count). The minimum Gasteiger partial charge on any atom is -0.476 e.